The quantitative estimate of drug-likeness (QED) is 0.781. The minimum absolute atomic E-state index is 0.125. The molecule has 1 heterocycles. The highest BCUT2D eigenvalue weighted by Gasteiger charge is 2.18. The minimum Gasteiger partial charge on any atom is -0.368 e. The van der Waals surface area contributed by atoms with Crippen molar-refractivity contribution in [1.82, 2.24) is 10.2 Å². The van der Waals surface area contributed by atoms with E-state index >= 15 is 0 Å². The Morgan fingerprint density at radius 2 is 1.54 bits per heavy atom. The van der Waals surface area contributed by atoms with Crippen LogP contribution in [-0.2, 0) is 4.79 Å². The predicted octanol–water partition coefficient (Wildman–Crippen LogP) is 2.79. The van der Waals surface area contributed by atoms with Crippen LogP contribution in [0.5, 0.6) is 0 Å². The predicted molar refractivity (Wildman–Crippen MR) is 116 cm³/mol. The highest BCUT2D eigenvalue weighted by atomic mass is 32.1. The second kappa shape index (κ2) is 8.84. The lowest BCUT2D eigenvalue weighted by Gasteiger charge is -2.35. The van der Waals surface area contributed by atoms with Gasteiger partial charge >= 0.3 is 0 Å². The van der Waals surface area contributed by atoms with E-state index in [4.69, 9.17) is 12.2 Å². The van der Waals surface area contributed by atoms with Crippen LogP contribution in [0, 0.1) is 6.92 Å². The van der Waals surface area contributed by atoms with Crippen LogP contribution in [0.25, 0.3) is 0 Å². The van der Waals surface area contributed by atoms with Crippen LogP contribution in [0.2, 0.25) is 0 Å². The maximum absolute atomic E-state index is 12.2. The number of benzene rings is 2. The number of piperazine rings is 1. The van der Waals surface area contributed by atoms with Gasteiger partial charge < -0.3 is 15.1 Å². The lowest BCUT2D eigenvalue weighted by atomic mass is 10.1. The second-order valence-electron chi connectivity index (χ2n) is 6.81. The number of rotatable bonds is 3. The molecule has 146 valence electrons. The van der Waals surface area contributed by atoms with Gasteiger partial charge in [-0.15, -0.1) is 0 Å². The first-order valence-corrected chi connectivity index (χ1v) is 9.63. The average Bonchev–Trinajstić information content (AvgIpc) is 2.69. The van der Waals surface area contributed by atoms with Gasteiger partial charge in [-0.3, -0.25) is 14.9 Å². The number of hydrogen-bond acceptors (Lipinski definition) is 4. The molecule has 3 rings (SSSR count). The molecule has 2 N–H and O–H groups in total. The molecule has 1 fully saturated rings. The van der Waals surface area contributed by atoms with Gasteiger partial charge in [0.2, 0.25) is 5.91 Å². The number of amides is 2. The summed E-state index contributed by atoms with van der Waals surface area (Å²) in [5, 5.41) is 5.98. The van der Waals surface area contributed by atoms with Gasteiger partial charge in [0.05, 0.1) is 0 Å². The Balaban J connectivity index is 1.52. The Kier molecular flexibility index (Phi) is 6.26. The molecular formula is C21H24N4O2S. The Hall–Kier alpha value is -2.93. The molecule has 7 heteroatoms. The molecule has 0 aliphatic carbocycles. The second-order valence-corrected chi connectivity index (χ2v) is 7.22. The van der Waals surface area contributed by atoms with Gasteiger partial charge in [-0.25, -0.2) is 0 Å². The lowest BCUT2D eigenvalue weighted by Crippen LogP contribution is -2.48. The number of nitrogens with zero attached hydrogens (tertiary/aromatic N) is 2. The fraction of sp³-hybridized carbons (Fsp3) is 0.286. The molecule has 0 atom stereocenters. The first kappa shape index (κ1) is 19.8. The summed E-state index contributed by atoms with van der Waals surface area (Å²) in [4.78, 5) is 27.8. The molecule has 6 nitrogen and oxygen atoms in total. The monoisotopic (exact) mass is 396 g/mol. The fourth-order valence-electron chi connectivity index (χ4n) is 3.08. The van der Waals surface area contributed by atoms with Gasteiger partial charge in [0.1, 0.15) is 0 Å². The van der Waals surface area contributed by atoms with Crippen LogP contribution >= 0.6 is 12.2 Å². The van der Waals surface area contributed by atoms with E-state index in [2.05, 4.69) is 15.5 Å². The first-order chi connectivity index (χ1) is 13.4. The van der Waals surface area contributed by atoms with Gasteiger partial charge in [-0.05, 0) is 55.5 Å². The molecule has 0 spiro atoms. The Morgan fingerprint density at radius 1 is 0.929 bits per heavy atom. The van der Waals surface area contributed by atoms with Crippen LogP contribution < -0.4 is 15.5 Å². The number of thiocarbonyl (C=S) groups is 1. The number of carbonyl (C=O) groups excluding carboxylic acids is 2. The smallest absolute Gasteiger partial charge is 0.257 e. The SMILES string of the molecule is CC(=O)N1CCN(c2ccc(NC(=S)NC(=O)c3ccc(C)cc3)cc2)CC1. The zero-order valence-corrected chi connectivity index (χ0v) is 16.9. The molecule has 0 saturated carbocycles. The summed E-state index contributed by atoms with van der Waals surface area (Å²) in [5.74, 6) is -0.113. The standard InChI is InChI=1S/C21H24N4O2S/c1-15-3-5-17(6-4-15)20(27)23-21(28)22-18-7-9-19(10-8-18)25-13-11-24(12-14-25)16(2)26/h3-10H,11-14H2,1-2H3,(H2,22,23,27,28). The van der Waals surface area contributed by atoms with E-state index in [9.17, 15) is 9.59 Å². The third-order valence-corrected chi connectivity index (χ3v) is 4.96. The first-order valence-electron chi connectivity index (χ1n) is 9.22. The summed E-state index contributed by atoms with van der Waals surface area (Å²) in [7, 11) is 0. The van der Waals surface area contributed by atoms with E-state index in [1.165, 1.54) is 0 Å². The van der Waals surface area contributed by atoms with Crippen molar-refractivity contribution in [2.45, 2.75) is 13.8 Å². The van der Waals surface area contributed by atoms with E-state index in [1.807, 2.05) is 48.2 Å². The molecule has 0 radical (unpaired) electrons. The summed E-state index contributed by atoms with van der Waals surface area (Å²) in [6, 6.07) is 15.2. The highest BCUT2D eigenvalue weighted by molar-refractivity contribution is 7.80. The maximum Gasteiger partial charge on any atom is 0.257 e. The third-order valence-electron chi connectivity index (χ3n) is 4.76. The van der Waals surface area contributed by atoms with Gasteiger partial charge in [-0.2, -0.15) is 0 Å². The number of aryl methyl sites for hydroxylation is 1. The van der Waals surface area contributed by atoms with Crippen LogP contribution in [0.4, 0.5) is 11.4 Å². The Labute approximate surface area is 170 Å². The zero-order chi connectivity index (χ0) is 20.1. The number of hydrogen-bond donors (Lipinski definition) is 2. The van der Waals surface area contributed by atoms with Crippen molar-refractivity contribution in [3.05, 3.63) is 59.7 Å². The number of anilines is 2. The minimum atomic E-state index is -0.238. The fourth-order valence-corrected chi connectivity index (χ4v) is 3.29. The van der Waals surface area contributed by atoms with Crippen molar-refractivity contribution >= 4 is 40.5 Å². The largest absolute Gasteiger partial charge is 0.368 e. The molecular weight excluding hydrogens is 372 g/mol. The summed E-state index contributed by atoms with van der Waals surface area (Å²) < 4.78 is 0. The van der Waals surface area contributed by atoms with Crippen LogP contribution in [0.3, 0.4) is 0 Å². The van der Waals surface area contributed by atoms with Crippen LogP contribution in [-0.4, -0.2) is 48.0 Å². The summed E-state index contributed by atoms with van der Waals surface area (Å²) in [6.07, 6.45) is 0. The molecule has 1 aliphatic rings. The van der Waals surface area contributed by atoms with Crippen molar-refractivity contribution < 1.29 is 9.59 Å². The number of carbonyl (C=O) groups is 2. The highest BCUT2D eigenvalue weighted by Crippen LogP contribution is 2.19. The van der Waals surface area contributed by atoms with Crippen molar-refractivity contribution in [2.75, 3.05) is 36.4 Å². The number of nitrogens with one attached hydrogen (secondary N) is 2. The van der Waals surface area contributed by atoms with Crippen molar-refractivity contribution in [2.24, 2.45) is 0 Å². The summed E-state index contributed by atoms with van der Waals surface area (Å²) >= 11 is 5.24. The molecule has 2 amide bonds. The zero-order valence-electron chi connectivity index (χ0n) is 16.1. The molecule has 0 unspecified atom stereocenters. The lowest BCUT2D eigenvalue weighted by molar-refractivity contribution is -0.129. The molecule has 1 saturated heterocycles. The maximum atomic E-state index is 12.2. The topological polar surface area (TPSA) is 64.7 Å². The van der Waals surface area contributed by atoms with Gasteiger partial charge in [-0.1, -0.05) is 17.7 Å². The van der Waals surface area contributed by atoms with Crippen LogP contribution in [0.15, 0.2) is 48.5 Å². The van der Waals surface area contributed by atoms with E-state index < -0.39 is 0 Å². The molecule has 2 aromatic rings. The Morgan fingerprint density at radius 3 is 2.11 bits per heavy atom. The van der Waals surface area contributed by atoms with E-state index in [0.29, 0.717) is 5.56 Å². The van der Waals surface area contributed by atoms with E-state index in [1.54, 1.807) is 19.1 Å². The normalized spacial score (nSPS) is 13.8. The third kappa shape index (κ3) is 5.07. The van der Waals surface area contributed by atoms with Crippen LogP contribution in [0.1, 0.15) is 22.8 Å². The Bertz CT molecular complexity index is 857. The van der Waals surface area contributed by atoms with Gasteiger partial charge in [0, 0.05) is 50.0 Å². The van der Waals surface area contributed by atoms with E-state index in [0.717, 1.165) is 43.1 Å². The summed E-state index contributed by atoms with van der Waals surface area (Å²) in [5.41, 5.74) is 3.57. The average molecular weight is 397 g/mol. The van der Waals surface area contributed by atoms with Gasteiger partial charge in [0.15, 0.2) is 5.11 Å². The van der Waals surface area contributed by atoms with Crippen molar-refractivity contribution in [1.29, 1.82) is 0 Å². The van der Waals surface area contributed by atoms with Crippen molar-refractivity contribution in [3.8, 4) is 0 Å². The molecule has 1 aliphatic heterocycles. The molecule has 2 aromatic carbocycles. The summed E-state index contributed by atoms with van der Waals surface area (Å²) in [6.45, 7) is 6.70. The molecule has 0 aromatic heterocycles. The molecule has 28 heavy (non-hydrogen) atoms. The van der Waals surface area contributed by atoms with Gasteiger partial charge in [0.25, 0.3) is 5.91 Å². The van der Waals surface area contributed by atoms with Crippen molar-refractivity contribution in [3.63, 3.8) is 0 Å². The molecule has 0 bridgehead atoms. The van der Waals surface area contributed by atoms with E-state index in [-0.39, 0.29) is 16.9 Å².